The fourth-order valence-electron chi connectivity index (χ4n) is 1.70. The molecule has 0 amide bonds. The molecule has 0 heterocycles. The molecule has 0 saturated carbocycles. The molecule has 106 valence electrons. The van der Waals surface area contributed by atoms with Gasteiger partial charge in [0.1, 0.15) is 0 Å². The van der Waals surface area contributed by atoms with Gasteiger partial charge in [0.15, 0.2) is 0 Å². The van der Waals surface area contributed by atoms with Gasteiger partial charge in [0.2, 0.25) is 0 Å². The Hall–Kier alpha value is -1.04. The molecule has 0 aliphatic carbocycles. The monoisotopic (exact) mass is 306 g/mol. The third-order valence-electron chi connectivity index (χ3n) is 2.81. The van der Waals surface area contributed by atoms with Gasteiger partial charge in [-0.25, -0.2) is 0 Å². The summed E-state index contributed by atoms with van der Waals surface area (Å²) in [6, 6.07) is 2.50. The van der Waals surface area contributed by atoms with Crippen molar-refractivity contribution < 1.29 is 10.0 Å². The van der Waals surface area contributed by atoms with E-state index < -0.39 is 4.92 Å². The van der Waals surface area contributed by atoms with Gasteiger partial charge in [0.05, 0.1) is 20.7 Å². The summed E-state index contributed by atoms with van der Waals surface area (Å²) in [6.45, 7) is 4.04. The maximum Gasteiger partial charge on any atom is 0.272 e. The number of halogens is 2. The van der Waals surface area contributed by atoms with Crippen molar-refractivity contribution in [3.63, 3.8) is 0 Å². The van der Waals surface area contributed by atoms with Crippen molar-refractivity contribution in [3.05, 3.63) is 32.3 Å². The number of nitro groups is 1. The summed E-state index contributed by atoms with van der Waals surface area (Å²) in [4.78, 5) is 10.1. The van der Waals surface area contributed by atoms with Crippen LogP contribution in [0.4, 0.5) is 11.4 Å². The molecule has 7 heteroatoms. The second-order valence-electron chi connectivity index (χ2n) is 4.55. The number of non-ortho nitro benzene ring substituents is 1. The van der Waals surface area contributed by atoms with E-state index in [1.165, 1.54) is 12.1 Å². The molecule has 5 nitrogen and oxygen atoms in total. The van der Waals surface area contributed by atoms with Crippen molar-refractivity contribution in [2.75, 3.05) is 11.9 Å². The fraction of sp³-hybridized carbons (Fsp3) is 0.500. The highest BCUT2D eigenvalue weighted by atomic mass is 35.5. The number of anilines is 1. The van der Waals surface area contributed by atoms with Gasteiger partial charge < -0.3 is 10.4 Å². The van der Waals surface area contributed by atoms with E-state index >= 15 is 0 Å². The van der Waals surface area contributed by atoms with Crippen LogP contribution < -0.4 is 5.32 Å². The molecule has 1 rings (SSSR count). The quantitative estimate of drug-likeness (QED) is 0.620. The Kier molecular flexibility index (Phi) is 5.85. The van der Waals surface area contributed by atoms with E-state index in [4.69, 9.17) is 28.3 Å². The largest absolute Gasteiger partial charge is 0.396 e. The zero-order valence-electron chi connectivity index (χ0n) is 10.7. The number of hydrogen-bond donors (Lipinski definition) is 2. The lowest BCUT2D eigenvalue weighted by Gasteiger charge is -2.24. The summed E-state index contributed by atoms with van der Waals surface area (Å²) >= 11 is 12.0. The summed E-state index contributed by atoms with van der Waals surface area (Å²) in [5.41, 5.74) is 0.310. The minimum Gasteiger partial charge on any atom is -0.396 e. The maximum absolute atomic E-state index is 10.7. The summed E-state index contributed by atoms with van der Waals surface area (Å²) in [7, 11) is 0. The molecule has 0 saturated heterocycles. The van der Waals surface area contributed by atoms with E-state index in [2.05, 4.69) is 5.32 Å². The smallest absolute Gasteiger partial charge is 0.272 e. The lowest BCUT2D eigenvalue weighted by atomic mass is 10.0. The predicted molar refractivity (Wildman–Crippen MR) is 77.1 cm³/mol. The van der Waals surface area contributed by atoms with Gasteiger partial charge in [-0.15, -0.1) is 0 Å². The first kappa shape index (κ1) is 16.0. The third-order valence-corrected chi connectivity index (χ3v) is 3.41. The maximum atomic E-state index is 10.7. The number of aliphatic hydroxyl groups excluding tert-OH is 1. The van der Waals surface area contributed by atoms with Gasteiger partial charge in [-0.3, -0.25) is 10.1 Å². The molecular formula is C12H16Cl2N2O3. The normalized spacial score (nSPS) is 12.5. The van der Waals surface area contributed by atoms with Crippen LogP contribution in [-0.4, -0.2) is 22.7 Å². The van der Waals surface area contributed by atoms with E-state index in [0.717, 1.165) is 0 Å². The van der Waals surface area contributed by atoms with Crippen LogP contribution in [0.5, 0.6) is 0 Å². The molecule has 0 radical (unpaired) electrons. The van der Waals surface area contributed by atoms with Gasteiger partial charge in [0, 0.05) is 24.8 Å². The van der Waals surface area contributed by atoms with Crippen LogP contribution in [0.1, 0.15) is 20.3 Å². The van der Waals surface area contributed by atoms with Crippen LogP contribution in [0, 0.1) is 16.0 Å². The average Bonchev–Trinajstić information content (AvgIpc) is 2.31. The van der Waals surface area contributed by atoms with Crippen LogP contribution >= 0.6 is 23.2 Å². The first-order valence-corrected chi connectivity index (χ1v) is 6.63. The molecule has 0 aliphatic heterocycles. The van der Waals surface area contributed by atoms with E-state index in [9.17, 15) is 10.1 Å². The number of rotatable bonds is 6. The fourth-order valence-corrected chi connectivity index (χ4v) is 2.28. The zero-order chi connectivity index (χ0) is 14.6. The standard InChI is InChI=1S/C12H16Cl2N2O3/c1-7(2)11(3-4-17)15-12-9(13)5-8(16(18)19)6-10(12)14/h5-7,11,15,17H,3-4H2,1-2H3. The van der Waals surface area contributed by atoms with Gasteiger partial charge in [-0.2, -0.15) is 0 Å². The molecular weight excluding hydrogens is 291 g/mol. The van der Waals surface area contributed by atoms with Gasteiger partial charge in [-0.1, -0.05) is 37.0 Å². The molecule has 0 spiro atoms. The van der Waals surface area contributed by atoms with Crippen molar-refractivity contribution in [1.29, 1.82) is 0 Å². The number of hydrogen-bond acceptors (Lipinski definition) is 4. The second kappa shape index (κ2) is 6.93. The molecule has 1 aromatic carbocycles. The molecule has 0 aliphatic rings. The Morgan fingerprint density at radius 2 is 1.89 bits per heavy atom. The van der Waals surface area contributed by atoms with Gasteiger partial charge >= 0.3 is 0 Å². The van der Waals surface area contributed by atoms with E-state index in [1.807, 2.05) is 13.8 Å². The predicted octanol–water partition coefficient (Wildman–Crippen LogP) is 3.72. The molecule has 1 unspecified atom stereocenters. The highest BCUT2D eigenvalue weighted by Gasteiger charge is 2.19. The van der Waals surface area contributed by atoms with Crippen LogP contribution in [0.25, 0.3) is 0 Å². The van der Waals surface area contributed by atoms with E-state index in [0.29, 0.717) is 12.1 Å². The summed E-state index contributed by atoms with van der Waals surface area (Å²) in [5.74, 6) is 0.259. The number of nitro benzene ring substituents is 1. The number of aliphatic hydroxyl groups is 1. The third kappa shape index (κ3) is 4.23. The molecule has 2 N–H and O–H groups in total. The SMILES string of the molecule is CC(C)C(CCO)Nc1c(Cl)cc([N+](=O)[O-])cc1Cl. The van der Waals surface area contributed by atoms with Gasteiger partial charge in [0.25, 0.3) is 5.69 Å². The summed E-state index contributed by atoms with van der Waals surface area (Å²) in [5, 5.41) is 23.2. The Balaban J connectivity index is 3.04. The van der Waals surface area contributed by atoms with Gasteiger partial charge in [-0.05, 0) is 12.3 Å². The molecule has 1 atom stereocenters. The molecule has 0 fully saturated rings. The van der Waals surface area contributed by atoms with Crippen molar-refractivity contribution in [1.82, 2.24) is 0 Å². The Bertz CT molecular complexity index is 443. The first-order valence-electron chi connectivity index (χ1n) is 5.87. The first-order chi connectivity index (χ1) is 8.86. The number of benzene rings is 1. The summed E-state index contributed by atoms with van der Waals surface area (Å²) in [6.07, 6.45) is 0.543. The van der Waals surface area contributed by atoms with E-state index in [1.54, 1.807) is 0 Å². The van der Waals surface area contributed by atoms with Crippen LogP contribution in [0.3, 0.4) is 0 Å². The second-order valence-corrected chi connectivity index (χ2v) is 5.36. The number of nitrogens with zero attached hydrogens (tertiary/aromatic N) is 1. The minimum absolute atomic E-state index is 0.0125. The Morgan fingerprint density at radius 3 is 2.26 bits per heavy atom. The van der Waals surface area contributed by atoms with Crippen LogP contribution in [0.2, 0.25) is 10.0 Å². The molecule has 19 heavy (non-hydrogen) atoms. The molecule has 0 aromatic heterocycles. The lowest BCUT2D eigenvalue weighted by Crippen LogP contribution is -2.27. The summed E-state index contributed by atoms with van der Waals surface area (Å²) < 4.78 is 0. The molecule has 0 bridgehead atoms. The molecule has 1 aromatic rings. The average molecular weight is 307 g/mol. The van der Waals surface area contributed by atoms with Crippen LogP contribution in [0.15, 0.2) is 12.1 Å². The highest BCUT2D eigenvalue weighted by Crippen LogP contribution is 2.35. The number of nitrogens with one attached hydrogen (secondary N) is 1. The van der Waals surface area contributed by atoms with E-state index in [-0.39, 0.29) is 34.3 Å². The Morgan fingerprint density at radius 1 is 1.37 bits per heavy atom. The van der Waals surface area contributed by atoms with Crippen LogP contribution in [-0.2, 0) is 0 Å². The van der Waals surface area contributed by atoms with Crippen molar-refractivity contribution in [3.8, 4) is 0 Å². The Labute approximate surface area is 121 Å². The van der Waals surface area contributed by atoms with Crippen molar-refractivity contribution >= 4 is 34.6 Å². The van der Waals surface area contributed by atoms with Crippen molar-refractivity contribution in [2.24, 2.45) is 5.92 Å². The zero-order valence-corrected chi connectivity index (χ0v) is 12.2. The highest BCUT2D eigenvalue weighted by molar-refractivity contribution is 6.39. The topological polar surface area (TPSA) is 75.4 Å². The van der Waals surface area contributed by atoms with Crippen molar-refractivity contribution in [2.45, 2.75) is 26.3 Å². The lowest BCUT2D eigenvalue weighted by molar-refractivity contribution is -0.384. The minimum atomic E-state index is -0.546.